The summed E-state index contributed by atoms with van der Waals surface area (Å²) in [4.78, 5) is 30.6. The fraction of sp³-hybridized carbons (Fsp3) is 0.154. The van der Waals surface area contributed by atoms with Gasteiger partial charge in [0.15, 0.2) is 0 Å². The summed E-state index contributed by atoms with van der Waals surface area (Å²) in [7, 11) is 2.87. The molecular weight excluding hydrogens is 434 g/mol. The molecule has 0 spiro atoms. The zero-order valence-electron chi connectivity index (χ0n) is 18.7. The van der Waals surface area contributed by atoms with E-state index < -0.39 is 10.9 Å². The highest BCUT2D eigenvalue weighted by Crippen LogP contribution is 2.39. The van der Waals surface area contributed by atoms with Gasteiger partial charge in [-0.15, -0.1) is 0 Å². The molecule has 0 bridgehead atoms. The van der Waals surface area contributed by atoms with Gasteiger partial charge in [0.05, 0.1) is 30.4 Å². The first-order chi connectivity index (χ1) is 16.5. The molecule has 0 saturated heterocycles. The van der Waals surface area contributed by atoms with Crippen LogP contribution in [0.4, 0.5) is 5.69 Å². The number of allylic oxidation sites excluding steroid dienone is 1. The van der Waals surface area contributed by atoms with Crippen LogP contribution in [0.25, 0.3) is 17.0 Å². The van der Waals surface area contributed by atoms with Crippen LogP contribution in [0.15, 0.2) is 73.1 Å². The van der Waals surface area contributed by atoms with Crippen LogP contribution < -0.4 is 4.74 Å². The number of hydrogen-bond donors (Lipinski definition) is 1. The lowest BCUT2D eigenvalue weighted by Gasteiger charge is -2.19. The van der Waals surface area contributed by atoms with E-state index in [0.29, 0.717) is 17.7 Å². The van der Waals surface area contributed by atoms with Crippen LogP contribution in [-0.4, -0.2) is 35.1 Å². The summed E-state index contributed by atoms with van der Waals surface area (Å²) < 4.78 is 10.5. The average Bonchev–Trinajstić information content (AvgIpc) is 3.29. The number of ether oxygens (including phenoxy) is 2. The number of non-ortho nitro benzene ring substituents is 1. The number of H-pyrrole nitrogens is 1. The summed E-state index contributed by atoms with van der Waals surface area (Å²) in [5.41, 5.74) is 3.74. The maximum absolute atomic E-state index is 12.0. The molecule has 0 radical (unpaired) electrons. The quantitative estimate of drug-likeness (QED) is 0.213. The van der Waals surface area contributed by atoms with E-state index in [1.807, 2.05) is 42.6 Å². The fourth-order valence-electron chi connectivity index (χ4n) is 4.00. The first-order valence-electron chi connectivity index (χ1n) is 10.6. The molecule has 2 aromatic heterocycles. The van der Waals surface area contributed by atoms with Crippen LogP contribution in [-0.2, 0) is 4.74 Å². The van der Waals surface area contributed by atoms with E-state index in [9.17, 15) is 14.9 Å². The number of nitrogens with zero attached hydrogens (tertiary/aromatic N) is 2. The number of rotatable bonds is 8. The predicted octanol–water partition coefficient (Wildman–Crippen LogP) is 5.50. The molecule has 34 heavy (non-hydrogen) atoms. The van der Waals surface area contributed by atoms with Crippen molar-refractivity contribution in [3.63, 3.8) is 0 Å². The molecule has 1 N–H and O–H groups in total. The number of nitro benzene ring substituents is 1. The number of aromatic amines is 1. The number of pyridine rings is 1. The Morgan fingerprint density at radius 2 is 2.00 bits per heavy atom. The minimum Gasteiger partial charge on any atom is -0.496 e. The maximum Gasteiger partial charge on any atom is 0.337 e. The Morgan fingerprint density at radius 3 is 2.71 bits per heavy atom. The monoisotopic (exact) mass is 457 g/mol. The average molecular weight is 457 g/mol. The van der Waals surface area contributed by atoms with Crippen molar-refractivity contribution in [2.45, 2.75) is 12.3 Å². The lowest BCUT2D eigenvalue weighted by Crippen LogP contribution is -2.06. The summed E-state index contributed by atoms with van der Waals surface area (Å²) in [6.07, 6.45) is 8.10. The number of esters is 1. The van der Waals surface area contributed by atoms with Crippen LogP contribution >= 0.6 is 0 Å². The molecule has 0 aliphatic rings. The predicted molar refractivity (Wildman–Crippen MR) is 129 cm³/mol. The molecule has 8 nitrogen and oxygen atoms in total. The Balaban J connectivity index is 1.82. The number of methoxy groups -OCH3 is 2. The van der Waals surface area contributed by atoms with E-state index >= 15 is 0 Å². The molecule has 2 heterocycles. The van der Waals surface area contributed by atoms with Crippen LogP contribution in [0.1, 0.15) is 39.5 Å². The standard InChI is InChI=1S/C26H23N3O5/c1-33-25-14-17(26(30)34-2)9-11-21(25)20(8-5-7-18-6-3-4-13-27-18)23-16-28-24-12-10-19(29(31)32)15-22(23)24/h3-7,9-16,20,28H,8H2,1-2H3/b7-5+. The lowest BCUT2D eigenvalue weighted by molar-refractivity contribution is -0.384. The first-order valence-corrected chi connectivity index (χ1v) is 10.6. The number of fused-ring (bicyclic) bond motifs is 1. The van der Waals surface area contributed by atoms with E-state index in [1.165, 1.54) is 13.2 Å². The number of carbonyl (C=O) groups excluding carboxylic acids is 1. The van der Waals surface area contributed by atoms with Gasteiger partial charge in [-0.2, -0.15) is 0 Å². The summed E-state index contributed by atoms with van der Waals surface area (Å²) in [6.45, 7) is 0. The number of nitrogens with one attached hydrogen (secondary N) is 1. The summed E-state index contributed by atoms with van der Waals surface area (Å²) in [5, 5.41) is 12.1. The second kappa shape index (κ2) is 9.99. The Morgan fingerprint density at radius 1 is 1.15 bits per heavy atom. The third-order valence-electron chi connectivity index (χ3n) is 5.66. The Hall–Kier alpha value is -4.46. The number of aromatic nitrogens is 2. The van der Waals surface area contributed by atoms with Gasteiger partial charge in [0.25, 0.3) is 5.69 Å². The zero-order chi connectivity index (χ0) is 24.1. The Labute approximate surface area is 196 Å². The molecule has 4 rings (SSSR count). The third kappa shape index (κ3) is 4.66. The van der Waals surface area contributed by atoms with Gasteiger partial charge in [-0.25, -0.2) is 4.79 Å². The second-order valence-corrected chi connectivity index (χ2v) is 7.62. The van der Waals surface area contributed by atoms with Crippen LogP contribution in [0.5, 0.6) is 5.75 Å². The van der Waals surface area contributed by atoms with E-state index in [4.69, 9.17) is 9.47 Å². The highest BCUT2D eigenvalue weighted by molar-refractivity contribution is 5.90. The van der Waals surface area contributed by atoms with E-state index in [1.54, 1.807) is 37.6 Å². The van der Waals surface area contributed by atoms with E-state index in [-0.39, 0.29) is 11.6 Å². The molecule has 172 valence electrons. The largest absolute Gasteiger partial charge is 0.496 e. The Bertz CT molecular complexity index is 1360. The number of carbonyl (C=O) groups is 1. The van der Waals surface area contributed by atoms with Gasteiger partial charge in [-0.05, 0) is 48.4 Å². The van der Waals surface area contributed by atoms with E-state index in [0.717, 1.165) is 27.7 Å². The van der Waals surface area contributed by atoms with Crippen LogP contribution in [0.2, 0.25) is 0 Å². The normalized spacial score (nSPS) is 12.1. The number of benzene rings is 2. The molecule has 0 fully saturated rings. The van der Waals surface area contributed by atoms with Crippen LogP contribution in [0.3, 0.4) is 0 Å². The van der Waals surface area contributed by atoms with Gasteiger partial charge in [0, 0.05) is 46.9 Å². The van der Waals surface area contributed by atoms with Gasteiger partial charge >= 0.3 is 5.97 Å². The highest BCUT2D eigenvalue weighted by Gasteiger charge is 2.23. The van der Waals surface area contributed by atoms with Crippen molar-refractivity contribution in [2.75, 3.05) is 14.2 Å². The van der Waals surface area contributed by atoms with Crippen molar-refractivity contribution >= 4 is 28.6 Å². The molecule has 0 aliphatic carbocycles. The van der Waals surface area contributed by atoms with Crippen molar-refractivity contribution in [1.29, 1.82) is 0 Å². The van der Waals surface area contributed by atoms with Crippen molar-refractivity contribution in [1.82, 2.24) is 9.97 Å². The SMILES string of the molecule is COC(=O)c1ccc(C(C/C=C/c2ccccn2)c2c[nH]c3ccc([N+](=O)[O-])cc23)c(OC)c1. The molecule has 0 amide bonds. The molecule has 8 heteroatoms. The van der Waals surface area contributed by atoms with E-state index in [2.05, 4.69) is 9.97 Å². The van der Waals surface area contributed by atoms with Crippen molar-refractivity contribution in [3.8, 4) is 5.75 Å². The molecule has 0 saturated carbocycles. The number of nitro groups is 1. The zero-order valence-corrected chi connectivity index (χ0v) is 18.7. The van der Waals surface area contributed by atoms with Gasteiger partial charge in [-0.1, -0.05) is 18.2 Å². The second-order valence-electron chi connectivity index (χ2n) is 7.62. The molecule has 0 aliphatic heterocycles. The molecule has 2 aromatic carbocycles. The van der Waals surface area contributed by atoms with Crippen molar-refractivity contribution < 1.29 is 19.2 Å². The summed E-state index contributed by atoms with van der Waals surface area (Å²) in [6, 6.07) is 15.6. The minimum atomic E-state index is -0.459. The van der Waals surface area contributed by atoms with Crippen molar-refractivity contribution in [3.05, 3.63) is 106 Å². The number of hydrogen-bond acceptors (Lipinski definition) is 6. The summed E-state index contributed by atoms with van der Waals surface area (Å²) >= 11 is 0. The van der Waals surface area contributed by atoms with Gasteiger partial charge in [-0.3, -0.25) is 15.1 Å². The first kappa shape index (κ1) is 22.7. The maximum atomic E-state index is 12.0. The smallest absolute Gasteiger partial charge is 0.337 e. The topological polar surface area (TPSA) is 107 Å². The van der Waals surface area contributed by atoms with Crippen LogP contribution in [0, 0.1) is 10.1 Å². The van der Waals surface area contributed by atoms with Gasteiger partial charge in [0.2, 0.25) is 0 Å². The highest BCUT2D eigenvalue weighted by atomic mass is 16.6. The van der Waals surface area contributed by atoms with Gasteiger partial charge < -0.3 is 14.5 Å². The Kier molecular flexibility index (Phi) is 6.68. The molecule has 4 aromatic rings. The lowest BCUT2D eigenvalue weighted by atomic mass is 9.86. The minimum absolute atomic E-state index is 0.0177. The molecule has 1 unspecified atom stereocenters. The van der Waals surface area contributed by atoms with Gasteiger partial charge in [0.1, 0.15) is 5.75 Å². The molecule has 1 atom stereocenters. The molecular formula is C26H23N3O5. The third-order valence-corrected chi connectivity index (χ3v) is 5.66. The fourth-order valence-corrected chi connectivity index (χ4v) is 4.00. The van der Waals surface area contributed by atoms with Crippen molar-refractivity contribution in [2.24, 2.45) is 0 Å². The summed E-state index contributed by atoms with van der Waals surface area (Å²) in [5.74, 6) is -0.143.